The molecule has 4 nitrogen and oxygen atoms in total. The van der Waals surface area contributed by atoms with E-state index in [4.69, 9.17) is 11.6 Å². The normalized spacial score (nSPS) is 21.2. The first-order valence-corrected chi connectivity index (χ1v) is 6.94. The summed E-state index contributed by atoms with van der Waals surface area (Å²) >= 11 is 6.04. The summed E-state index contributed by atoms with van der Waals surface area (Å²) in [6.07, 6.45) is 3.15. The van der Waals surface area contributed by atoms with Crippen LogP contribution in [-0.4, -0.2) is 24.0 Å². The van der Waals surface area contributed by atoms with Gasteiger partial charge in [-0.15, -0.1) is 0 Å². The molecular weight excluding hydrogens is 262 g/mol. The lowest BCUT2D eigenvalue weighted by molar-refractivity contribution is 0.0931. The van der Waals surface area contributed by atoms with Crippen LogP contribution < -0.4 is 10.6 Å². The van der Waals surface area contributed by atoms with Crippen LogP contribution in [0, 0.1) is 5.41 Å². The Hall–Kier alpha value is -1.29. The Bertz CT molecular complexity index is 488. The largest absolute Gasteiger partial charge is 0.373 e. The van der Waals surface area contributed by atoms with Crippen LogP contribution in [0.2, 0.25) is 5.02 Å². The molecule has 0 bridgehead atoms. The molecule has 19 heavy (non-hydrogen) atoms. The van der Waals surface area contributed by atoms with Crippen LogP contribution >= 0.6 is 11.6 Å². The zero-order valence-corrected chi connectivity index (χ0v) is 12.3. The Morgan fingerprint density at radius 3 is 2.79 bits per heavy atom. The lowest BCUT2D eigenvalue weighted by Gasteiger charge is -2.18. The second-order valence-electron chi connectivity index (χ2n) is 5.85. The average molecular weight is 282 g/mol. The van der Waals surface area contributed by atoms with Gasteiger partial charge >= 0.3 is 0 Å². The number of carbonyl (C=O) groups excluding carboxylic acids is 1. The molecule has 0 spiro atoms. The third kappa shape index (κ3) is 3.38. The van der Waals surface area contributed by atoms with Crippen molar-refractivity contribution in [2.24, 2.45) is 5.41 Å². The van der Waals surface area contributed by atoms with Crippen LogP contribution in [0.3, 0.4) is 0 Å². The zero-order valence-electron chi connectivity index (χ0n) is 11.6. The van der Waals surface area contributed by atoms with Gasteiger partial charge in [0.25, 0.3) is 5.91 Å². The Balaban J connectivity index is 2.08. The molecule has 0 saturated heterocycles. The number of hydrogen-bond acceptors (Lipinski definition) is 3. The van der Waals surface area contributed by atoms with E-state index in [1.807, 2.05) is 0 Å². The molecule has 1 amide bonds. The molecule has 1 aromatic rings. The van der Waals surface area contributed by atoms with Crippen LogP contribution in [0.4, 0.5) is 5.82 Å². The number of pyridine rings is 1. The van der Waals surface area contributed by atoms with Crippen LogP contribution in [0.15, 0.2) is 12.1 Å². The first-order chi connectivity index (χ1) is 8.91. The van der Waals surface area contributed by atoms with E-state index < -0.39 is 0 Å². The number of nitrogens with one attached hydrogen (secondary N) is 2. The van der Waals surface area contributed by atoms with E-state index in [0.717, 1.165) is 19.3 Å². The molecule has 0 aromatic carbocycles. The fourth-order valence-corrected chi connectivity index (χ4v) is 2.74. The van der Waals surface area contributed by atoms with Gasteiger partial charge in [-0.05, 0) is 36.8 Å². The van der Waals surface area contributed by atoms with Crippen molar-refractivity contribution < 1.29 is 4.79 Å². The minimum atomic E-state index is -0.190. The van der Waals surface area contributed by atoms with Gasteiger partial charge in [0, 0.05) is 13.1 Å². The van der Waals surface area contributed by atoms with E-state index in [1.54, 1.807) is 19.2 Å². The Morgan fingerprint density at radius 2 is 2.21 bits per heavy atom. The summed E-state index contributed by atoms with van der Waals surface area (Å²) in [5, 5.41) is 6.32. The maximum Gasteiger partial charge on any atom is 0.271 e. The molecule has 0 aliphatic heterocycles. The number of nitrogens with zero attached hydrogens (tertiary/aromatic N) is 1. The third-order valence-electron chi connectivity index (χ3n) is 3.62. The van der Waals surface area contributed by atoms with E-state index in [0.29, 0.717) is 21.9 Å². The van der Waals surface area contributed by atoms with Gasteiger partial charge < -0.3 is 10.6 Å². The molecule has 2 rings (SSSR count). The van der Waals surface area contributed by atoms with Gasteiger partial charge in [-0.2, -0.15) is 0 Å². The second kappa shape index (κ2) is 5.37. The van der Waals surface area contributed by atoms with Crippen molar-refractivity contribution in [2.45, 2.75) is 39.2 Å². The van der Waals surface area contributed by atoms with Gasteiger partial charge in [0.1, 0.15) is 11.5 Å². The predicted octanol–water partition coefficient (Wildman–Crippen LogP) is 3.09. The van der Waals surface area contributed by atoms with E-state index >= 15 is 0 Å². The second-order valence-corrected chi connectivity index (χ2v) is 6.26. The maximum absolute atomic E-state index is 12.2. The lowest BCUT2D eigenvalue weighted by atomic mass is 9.92. The van der Waals surface area contributed by atoms with Crippen LogP contribution in [0.5, 0.6) is 0 Å². The lowest BCUT2D eigenvalue weighted by Crippen LogP contribution is -2.34. The molecule has 1 heterocycles. The van der Waals surface area contributed by atoms with Gasteiger partial charge in [-0.1, -0.05) is 25.4 Å². The van der Waals surface area contributed by atoms with Crippen LogP contribution in [0.25, 0.3) is 0 Å². The minimum Gasteiger partial charge on any atom is -0.373 e. The van der Waals surface area contributed by atoms with Crippen molar-refractivity contribution >= 4 is 23.3 Å². The number of carbonyl (C=O) groups is 1. The van der Waals surface area contributed by atoms with Gasteiger partial charge in [0.05, 0.1) is 5.02 Å². The molecule has 5 heteroatoms. The van der Waals surface area contributed by atoms with Gasteiger partial charge in [0.2, 0.25) is 0 Å². The quantitative estimate of drug-likeness (QED) is 0.895. The summed E-state index contributed by atoms with van der Waals surface area (Å²) in [4.78, 5) is 16.4. The molecule has 1 saturated carbocycles. The topological polar surface area (TPSA) is 54.0 Å². The van der Waals surface area contributed by atoms with E-state index in [-0.39, 0.29) is 11.9 Å². The predicted molar refractivity (Wildman–Crippen MR) is 77.7 cm³/mol. The Labute approximate surface area is 118 Å². The zero-order chi connectivity index (χ0) is 14.0. The summed E-state index contributed by atoms with van der Waals surface area (Å²) in [7, 11) is 1.76. The summed E-state index contributed by atoms with van der Waals surface area (Å²) in [5.74, 6) is 0.450. The van der Waals surface area contributed by atoms with Gasteiger partial charge in [0.15, 0.2) is 0 Å². The first kappa shape index (κ1) is 14.1. The fourth-order valence-electron chi connectivity index (χ4n) is 2.55. The SMILES string of the molecule is CNc1ccc(Cl)c(C(=O)NC2CCC(C)(C)C2)n1. The fraction of sp³-hybridized carbons (Fsp3) is 0.571. The number of aromatic nitrogens is 1. The van der Waals surface area contributed by atoms with Crippen LogP contribution in [0.1, 0.15) is 43.6 Å². The summed E-state index contributed by atoms with van der Waals surface area (Å²) in [6.45, 7) is 4.46. The molecule has 1 atom stereocenters. The molecular formula is C14H20ClN3O. The molecule has 0 radical (unpaired) electrons. The standard InChI is InChI=1S/C14H20ClN3O/c1-14(2)7-6-9(8-14)17-13(19)12-10(15)4-5-11(16-3)18-12/h4-5,9H,6-8H2,1-3H3,(H,16,18)(H,17,19). The van der Waals surface area contributed by atoms with Crippen LogP contribution in [-0.2, 0) is 0 Å². The third-order valence-corrected chi connectivity index (χ3v) is 3.93. The highest BCUT2D eigenvalue weighted by Gasteiger charge is 2.32. The molecule has 1 aliphatic carbocycles. The van der Waals surface area contributed by atoms with E-state index in [9.17, 15) is 4.79 Å². The molecule has 1 unspecified atom stereocenters. The summed E-state index contributed by atoms with van der Waals surface area (Å²) < 4.78 is 0. The summed E-state index contributed by atoms with van der Waals surface area (Å²) in [6, 6.07) is 3.66. The minimum absolute atomic E-state index is 0.190. The average Bonchev–Trinajstić information content (AvgIpc) is 2.69. The molecule has 1 fully saturated rings. The number of rotatable bonds is 3. The molecule has 104 valence electrons. The van der Waals surface area contributed by atoms with Crippen molar-refractivity contribution in [1.82, 2.24) is 10.3 Å². The Morgan fingerprint density at radius 1 is 1.47 bits per heavy atom. The Kier molecular flexibility index (Phi) is 3.99. The van der Waals surface area contributed by atoms with Gasteiger partial charge in [-0.25, -0.2) is 4.98 Å². The highest BCUT2D eigenvalue weighted by atomic mass is 35.5. The van der Waals surface area contributed by atoms with Crippen molar-refractivity contribution in [3.8, 4) is 0 Å². The van der Waals surface area contributed by atoms with Crippen molar-refractivity contribution in [3.05, 3.63) is 22.8 Å². The smallest absolute Gasteiger partial charge is 0.271 e. The monoisotopic (exact) mass is 281 g/mol. The number of hydrogen-bond donors (Lipinski definition) is 2. The summed E-state index contributed by atoms with van der Waals surface area (Å²) in [5.41, 5.74) is 0.598. The highest BCUT2D eigenvalue weighted by molar-refractivity contribution is 6.33. The number of amides is 1. The van der Waals surface area contributed by atoms with E-state index in [2.05, 4.69) is 29.5 Å². The molecule has 1 aromatic heterocycles. The highest BCUT2D eigenvalue weighted by Crippen LogP contribution is 2.37. The van der Waals surface area contributed by atoms with Gasteiger partial charge in [-0.3, -0.25) is 4.79 Å². The maximum atomic E-state index is 12.2. The first-order valence-electron chi connectivity index (χ1n) is 6.56. The van der Waals surface area contributed by atoms with Crippen molar-refractivity contribution in [2.75, 3.05) is 12.4 Å². The van der Waals surface area contributed by atoms with Crippen molar-refractivity contribution in [1.29, 1.82) is 0 Å². The number of halogens is 1. The molecule has 2 N–H and O–H groups in total. The molecule has 1 aliphatic rings. The van der Waals surface area contributed by atoms with E-state index in [1.165, 1.54) is 0 Å². The van der Waals surface area contributed by atoms with Crippen molar-refractivity contribution in [3.63, 3.8) is 0 Å². The number of anilines is 1.